The van der Waals surface area contributed by atoms with E-state index in [1.807, 2.05) is 49.4 Å². The van der Waals surface area contributed by atoms with E-state index in [9.17, 15) is 9.59 Å². The highest BCUT2D eigenvalue weighted by molar-refractivity contribution is 5.85. The number of nitrogens with zero attached hydrogens (tertiary/aromatic N) is 2. The van der Waals surface area contributed by atoms with Crippen LogP contribution in [0.3, 0.4) is 0 Å². The molecule has 0 unspecified atom stereocenters. The molecular formula is C20H20N2O4. The number of hydrogen-bond acceptors (Lipinski definition) is 5. The third-order valence-electron chi connectivity index (χ3n) is 4.09. The van der Waals surface area contributed by atoms with Gasteiger partial charge in [-0.25, -0.2) is 0 Å². The van der Waals surface area contributed by atoms with Crippen molar-refractivity contribution in [1.29, 1.82) is 0 Å². The molecule has 2 aromatic carbocycles. The molecule has 0 aliphatic rings. The number of amides is 1. The Morgan fingerprint density at radius 3 is 2.62 bits per heavy atom. The number of benzene rings is 2. The highest BCUT2D eigenvalue weighted by Gasteiger charge is 2.16. The summed E-state index contributed by atoms with van der Waals surface area (Å²) in [6.07, 6.45) is -0.0357. The molecule has 26 heavy (non-hydrogen) atoms. The third-order valence-corrected chi connectivity index (χ3v) is 4.09. The first-order valence-corrected chi connectivity index (χ1v) is 8.31. The number of carbonyl (C=O) groups is 2. The first kappa shape index (κ1) is 17.7. The van der Waals surface area contributed by atoms with Crippen LogP contribution in [-0.4, -0.2) is 35.6 Å². The zero-order valence-corrected chi connectivity index (χ0v) is 14.8. The van der Waals surface area contributed by atoms with Crippen molar-refractivity contribution in [2.45, 2.75) is 19.9 Å². The molecule has 6 nitrogen and oxygen atoms in total. The summed E-state index contributed by atoms with van der Waals surface area (Å²) >= 11 is 0. The van der Waals surface area contributed by atoms with Gasteiger partial charge in [0.25, 0.3) is 5.91 Å². The molecule has 0 spiro atoms. The highest BCUT2D eigenvalue weighted by Crippen LogP contribution is 2.18. The number of ether oxygens (including phenoxy) is 1. The van der Waals surface area contributed by atoms with Crippen molar-refractivity contribution < 1.29 is 18.8 Å². The lowest BCUT2D eigenvalue weighted by molar-refractivity contribution is -0.151. The van der Waals surface area contributed by atoms with Crippen molar-refractivity contribution >= 4 is 22.8 Å². The molecule has 0 bridgehead atoms. The SMILES string of the molecule is Cc1ccc(CN(C)C(=O)COC(=O)Cc2noc3ccccc23)cc1. The Balaban J connectivity index is 1.50. The molecule has 1 amide bonds. The van der Waals surface area contributed by atoms with Crippen LogP contribution in [-0.2, 0) is 27.3 Å². The summed E-state index contributed by atoms with van der Waals surface area (Å²) in [5.74, 6) is -0.773. The van der Waals surface area contributed by atoms with Gasteiger partial charge in [0.1, 0.15) is 5.69 Å². The van der Waals surface area contributed by atoms with E-state index in [0.717, 1.165) is 16.5 Å². The molecule has 0 saturated heterocycles. The molecule has 3 aromatic rings. The summed E-state index contributed by atoms with van der Waals surface area (Å²) in [5.41, 5.74) is 3.30. The fraction of sp³-hybridized carbons (Fsp3) is 0.250. The summed E-state index contributed by atoms with van der Waals surface area (Å²) in [5, 5.41) is 4.66. The van der Waals surface area contributed by atoms with Crippen molar-refractivity contribution in [3.63, 3.8) is 0 Å². The van der Waals surface area contributed by atoms with Gasteiger partial charge in [-0.1, -0.05) is 47.1 Å². The van der Waals surface area contributed by atoms with Crippen molar-refractivity contribution in [1.82, 2.24) is 10.1 Å². The van der Waals surface area contributed by atoms with Crippen LogP contribution in [0.15, 0.2) is 53.1 Å². The van der Waals surface area contributed by atoms with Crippen LogP contribution in [0.2, 0.25) is 0 Å². The van der Waals surface area contributed by atoms with Gasteiger partial charge in [-0.2, -0.15) is 0 Å². The fourth-order valence-corrected chi connectivity index (χ4v) is 2.56. The molecule has 3 rings (SSSR count). The minimum Gasteiger partial charge on any atom is -0.455 e. The lowest BCUT2D eigenvalue weighted by Crippen LogP contribution is -2.31. The van der Waals surface area contributed by atoms with Gasteiger partial charge in [0.05, 0.1) is 6.42 Å². The number of likely N-dealkylation sites (N-methyl/N-ethyl adjacent to an activating group) is 1. The molecule has 0 atom stereocenters. The maximum atomic E-state index is 12.1. The molecular weight excluding hydrogens is 332 g/mol. The Labute approximate surface area is 151 Å². The standard InChI is InChI=1S/C20H20N2O4/c1-14-7-9-15(10-8-14)12-22(2)19(23)13-25-20(24)11-17-16-5-3-4-6-18(16)26-21-17/h3-10H,11-13H2,1-2H3. The summed E-state index contributed by atoms with van der Waals surface area (Å²) in [7, 11) is 1.68. The van der Waals surface area contributed by atoms with E-state index in [0.29, 0.717) is 17.8 Å². The molecule has 1 aromatic heterocycles. The number of aromatic nitrogens is 1. The topological polar surface area (TPSA) is 72.6 Å². The Morgan fingerprint density at radius 1 is 1.12 bits per heavy atom. The lowest BCUT2D eigenvalue weighted by atomic mass is 10.1. The molecule has 134 valence electrons. The van der Waals surface area contributed by atoms with Crippen LogP contribution in [0.4, 0.5) is 0 Å². The van der Waals surface area contributed by atoms with Crippen molar-refractivity contribution in [3.8, 4) is 0 Å². The van der Waals surface area contributed by atoms with Crippen LogP contribution in [0.1, 0.15) is 16.8 Å². The van der Waals surface area contributed by atoms with E-state index < -0.39 is 5.97 Å². The normalized spacial score (nSPS) is 10.7. The van der Waals surface area contributed by atoms with Gasteiger partial charge < -0.3 is 14.2 Å². The molecule has 0 N–H and O–H groups in total. The fourth-order valence-electron chi connectivity index (χ4n) is 2.56. The zero-order valence-electron chi connectivity index (χ0n) is 14.8. The molecule has 0 radical (unpaired) electrons. The van der Waals surface area contributed by atoms with Crippen LogP contribution in [0.5, 0.6) is 0 Å². The van der Waals surface area contributed by atoms with Gasteiger partial charge in [0.2, 0.25) is 0 Å². The highest BCUT2D eigenvalue weighted by atomic mass is 16.5. The molecule has 0 aliphatic heterocycles. The van der Waals surface area contributed by atoms with Gasteiger partial charge in [-0.3, -0.25) is 9.59 Å². The largest absolute Gasteiger partial charge is 0.455 e. The molecule has 1 heterocycles. The van der Waals surface area contributed by atoms with Gasteiger partial charge in [-0.15, -0.1) is 0 Å². The van der Waals surface area contributed by atoms with Gasteiger partial charge >= 0.3 is 5.97 Å². The van der Waals surface area contributed by atoms with E-state index in [1.54, 1.807) is 13.1 Å². The number of rotatable bonds is 6. The number of para-hydroxylation sites is 1. The number of hydrogen-bond donors (Lipinski definition) is 0. The molecule has 6 heteroatoms. The van der Waals surface area contributed by atoms with Gasteiger partial charge in [-0.05, 0) is 24.6 Å². The lowest BCUT2D eigenvalue weighted by Gasteiger charge is -2.17. The monoisotopic (exact) mass is 352 g/mol. The minimum atomic E-state index is -0.513. The first-order chi connectivity index (χ1) is 12.5. The first-order valence-electron chi connectivity index (χ1n) is 8.31. The van der Waals surface area contributed by atoms with Gasteiger partial charge in [0.15, 0.2) is 12.2 Å². The Bertz CT molecular complexity index is 915. The van der Waals surface area contributed by atoms with E-state index in [1.165, 1.54) is 4.90 Å². The number of esters is 1. The number of fused-ring (bicyclic) bond motifs is 1. The van der Waals surface area contributed by atoms with E-state index >= 15 is 0 Å². The van der Waals surface area contributed by atoms with Crippen LogP contribution in [0.25, 0.3) is 11.0 Å². The quantitative estimate of drug-likeness (QED) is 0.638. The van der Waals surface area contributed by atoms with Crippen LogP contribution in [0, 0.1) is 6.92 Å². The number of carbonyl (C=O) groups excluding carboxylic acids is 2. The van der Waals surface area contributed by atoms with Crippen LogP contribution >= 0.6 is 0 Å². The van der Waals surface area contributed by atoms with E-state index in [-0.39, 0.29) is 18.9 Å². The second-order valence-electron chi connectivity index (χ2n) is 6.20. The smallest absolute Gasteiger partial charge is 0.312 e. The van der Waals surface area contributed by atoms with E-state index in [2.05, 4.69) is 5.16 Å². The summed E-state index contributed by atoms with van der Waals surface area (Å²) in [4.78, 5) is 25.7. The number of aryl methyl sites for hydroxylation is 1. The average molecular weight is 352 g/mol. The third kappa shape index (κ3) is 4.27. The van der Waals surface area contributed by atoms with Gasteiger partial charge in [0, 0.05) is 19.0 Å². The summed E-state index contributed by atoms with van der Waals surface area (Å²) < 4.78 is 10.2. The average Bonchev–Trinajstić information content (AvgIpc) is 3.04. The molecule has 0 saturated carbocycles. The second kappa shape index (κ2) is 7.82. The van der Waals surface area contributed by atoms with Crippen molar-refractivity contribution in [2.24, 2.45) is 0 Å². The summed E-state index contributed by atoms with van der Waals surface area (Å²) in [6.45, 7) is 2.18. The van der Waals surface area contributed by atoms with E-state index in [4.69, 9.17) is 9.26 Å². The predicted molar refractivity (Wildman–Crippen MR) is 96.3 cm³/mol. The Hall–Kier alpha value is -3.15. The molecule has 0 fully saturated rings. The predicted octanol–water partition coefficient (Wildman–Crippen LogP) is 2.88. The Morgan fingerprint density at radius 2 is 1.85 bits per heavy atom. The second-order valence-corrected chi connectivity index (χ2v) is 6.20. The minimum absolute atomic E-state index is 0.0357. The Kier molecular flexibility index (Phi) is 5.31. The molecule has 0 aliphatic carbocycles. The zero-order chi connectivity index (χ0) is 18.5. The van der Waals surface area contributed by atoms with Crippen molar-refractivity contribution in [3.05, 3.63) is 65.4 Å². The maximum absolute atomic E-state index is 12.1. The maximum Gasteiger partial charge on any atom is 0.312 e. The van der Waals surface area contributed by atoms with Crippen molar-refractivity contribution in [2.75, 3.05) is 13.7 Å². The summed E-state index contributed by atoms with van der Waals surface area (Å²) in [6, 6.07) is 15.2. The van der Waals surface area contributed by atoms with Crippen LogP contribution < -0.4 is 0 Å².